The van der Waals surface area contributed by atoms with Crippen molar-refractivity contribution in [1.29, 1.82) is 0 Å². The smallest absolute Gasteiger partial charge is 0.306 e. The first-order valence-corrected chi connectivity index (χ1v) is 16.8. The summed E-state index contributed by atoms with van der Waals surface area (Å²) in [4.78, 5) is 23.1. The number of carboxylic acid groups (broad SMARTS) is 1. The van der Waals surface area contributed by atoms with E-state index in [4.69, 9.17) is 9.84 Å². The molecule has 0 aliphatic rings. The average molecular weight is 549 g/mol. The lowest BCUT2D eigenvalue weighted by atomic mass is 10.0. The topological polar surface area (TPSA) is 63.6 Å². The van der Waals surface area contributed by atoms with E-state index in [0.717, 1.165) is 64.2 Å². The summed E-state index contributed by atoms with van der Waals surface area (Å²) in [6, 6.07) is 0. The van der Waals surface area contributed by atoms with Gasteiger partial charge in [0.25, 0.3) is 0 Å². The molecule has 0 spiro atoms. The maximum atomic E-state index is 12.5. The van der Waals surface area contributed by atoms with Gasteiger partial charge < -0.3 is 9.84 Å². The van der Waals surface area contributed by atoms with Gasteiger partial charge in [-0.1, -0.05) is 128 Å². The molecule has 0 rings (SSSR count). The van der Waals surface area contributed by atoms with Crippen LogP contribution >= 0.6 is 0 Å². The third-order valence-electron chi connectivity index (χ3n) is 7.38. The maximum Gasteiger partial charge on any atom is 0.306 e. The van der Waals surface area contributed by atoms with Crippen molar-refractivity contribution in [2.24, 2.45) is 0 Å². The lowest BCUT2D eigenvalue weighted by molar-refractivity contribution is -0.147. The molecule has 1 unspecified atom stereocenters. The molecule has 0 saturated carbocycles. The molecule has 0 amide bonds. The Morgan fingerprint density at radius 3 is 1.62 bits per heavy atom. The first-order valence-electron chi connectivity index (χ1n) is 16.8. The Bertz CT molecular complexity index is 595. The number of carboxylic acids is 1. The highest BCUT2D eigenvalue weighted by atomic mass is 16.5. The Hall–Kier alpha value is -1.58. The van der Waals surface area contributed by atoms with Gasteiger partial charge in [-0.2, -0.15) is 0 Å². The van der Waals surface area contributed by atoms with Crippen LogP contribution in [0.4, 0.5) is 0 Å². The molecule has 1 atom stereocenters. The molecule has 0 aromatic heterocycles. The molecule has 0 aliphatic heterocycles. The van der Waals surface area contributed by atoms with Crippen LogP contribution in [-0.2, 0) is 14.3 Å². The van der Waals surface area contributed by atoms with Crippen molar-refractivity contribution in [3.05, 3.63) is 24.3 Å². The van der Waals surface area contributed by atoms with E-state index in [-0.39, 0.29) is 18.5 Å². The number of esters is 1. The van der Waals surface area contributed by atoms with Crippen molar-refractivity contribution in [3.8, 4) is 0 Å². The first kappa shape index (κ1) is 37.4. The summed E-state index contributed by atoms with van der Waals surface area (Å²) in [6.07, 6.45) is 37.7. The van der Waals surface area contributed by atoms with Crippen LogP contribution in [0.1, 0.15) is 181 Å². The van der Waals surface area contributed by atoms with Gasteiger partial charge >= 0.3 is 11.9 Å². The van der Waals surface area contributed by atoms with E-state index in [0.29, 0.717) is 6.42 Å². The molecule has 228 valence electrons. The molecule has 0 aliphatic carbocycles. The maximum absolute atomic E-state index is 12.5. The van der Waals surface area contributed by atoms with Crippen molar-refractivity contribution >= 4 is 11.9 Å². The van der Waals surface area contributed by atoms with E-state index in [9.17, 15) is 9.59 Å². The predicted octanol–water partition coefficient (Wildman–Crippen LogP) is 11.3. The Morgan fingerprint density at radius 1 is 0.564 bits per heavy atom. The number of carbonyl (C=O) groups is 2. The summed E-state index contributed by atoms with van der Waals surface area (Å²) in [6.45, 7) is 4.49. The number of ether oxygens (including phenoxy) is 1. The molecular weight excluding hydrogens is 484 g/mol. The number of aliphatic carboxylic acids is 1. The van der Waals surface area contributed by atoms with Crippen LogP contribution in [0.3, 0.4) is 0 Å². The summed E-state index contributed by atoms with van der Waals surface area (Å²) >= 11 is 0. The molecule has 0 radical (unpaired) electrons. The zero-order valence-electron chi connectivity index (χ0n) is 25.9. The second-order valence-electron chi connectivity index (χ2n) is 11.3. The van der Waals surface area contributed by atoms with Crippen LogP contribution in [0.2, 0.25) is 0 Å². The first-order chi connectivity index (χ1) is 19.1. The summed E-state index contributed by atoms with van der Waals surface area (Å²) < 4.78 is 5.89. The van der Waals surface area contributed by atoms with Gasteiger partial charge in [0.1, 0.15) is 6.10 Å². The monoisotopic (exact) mass is 548 g/mol. The molecule has 1 N–H and O–H groups in total. The molecule has 0 saturated heterocycles. The molecule has 4 heteroatoms. The minimum absolute atomic E-state index is 0.0481. The third-order valence-corrected chi connectivity index (χ3v) is 7.38. The fraction of sp³-hybridized carbons (Fsp3) is 0.829. The average Bonchev–Trinajstić information content (AvgIpc) is 2.91. The van der Waals surface area contributed by atoms with Gasteiger partial charge in [-0.05, 0) is 63.9 Å². The fourth-order valence-electron chi connectivity index (χ4n) is 4.84. The number of unbranched alkanes of at least 4 members (excludes halogenated alkanes) is 19. The highest BCUT2D eigenvalue weighted by molar-refractivity contribution is 5.69. The van der Waals surface area contributed by atoms with Gasteiger partial charge in [-0.25, -0.2) is 0 Å². The lowest BCUT2D eigenvalue weighted by Crippen LogP contribution is -2.16. The summed E-state index contributed by atoms with van der Waals surface area (Å²) in [5.41, 5.74) is 0. The van der Waals surface area contributed by atoms with E-state index in [1.807, 2.05) is 0 Å². The molecule has 0 aromatic rings. The number of carbonyl (C=O) groups excluding carboxylic acids is 1. The number of rotatable bonds is 30. The predicted molar refractivity (Wildman–Crippen MR) is 167 cm³/mol. The van der Waals surface area contributed by atoms with Crippen LogP contribution in [0, 0.1) is 0 Å². The van der Waals surface area contributed by atoms with Crippen molar-refractivity contribution in [1.82, 2.24) is 0 Å². The summed E-state index contributed by atoms with van der Waals surface area (Å²) in [5, 5.41) is 8.74. The second-order valence-corrected chi connectivity index (χ2v) is 11.3. The van der Waals surface area contributed by atoms with Crippen molar-refractivity contribution in [2.45, 2.75) is 187 Å². The van der Waals surface area contributed by atoms with Crippen LogP contribution in [-0.4, -0.2) is 23.1 Å². The van der Waals surface area contributed by atoms with Gasteiger partial charge in [0, 0.05) is 12.8 Å². The minimum atomic E-state index is -0.700. The number of allylic oxidation sites excluding steroid dienone is 3. The highest BCUT2D eigenvalue weighted by Gasteiger charge is 2.11. The van der Waals surface area contributed by atoms with Crippen LogP contribution < -0.4 is 0 Å². The standard InChI is InChI=1S/C35H64O4/c1-3-5-7-9-11-13-14-16-18-24-28-32-35(38)39-33(29-25-21-17-15-12-10-8-6-4-2)30-26-22-19-20-23-27-31-34(36)37/h9,11,25,29,33H,3-8,10,12-24,26-28,30-32H2,1-2H3,(H,36,37)/b11-9-,29-25-. The quantitative estimate of drug-likeness (QED) is 0.0550. The van der Waals surface area contributed by atoms with Gasteiger partial charge in [-0.3, -0.25) is 9.59 Å². The summed E-state index contributed by atoms with van der Waals surface area (Å²) in [5.74, 6) is -0.748. The molecule has 0 aromatic carbocycles. The molecule has 0 bridgehead atoms. The molecule has 39 heavy (non-hydrogen) atoms. The van der Waals surface area contributed by atoms with E-state index in [1.54, 1.807) is 0 Å². The van der Waals surface area contributed by atoms with Gasteiger partial charge in [0.15, 0.2) is 0 Å². The van der Waals surface area contributed by atoms with E-state index >= 15 is 0 Å². The Balaban J connectivity index is 4.16. The zero-order chi connectivity index (χ0) is 28.7. The molecule has 0 heterocycles. The Labute approximate surface area is 242 Å². The van der Waals surface area contributed by atoms with Crippen LogP contribution in [0.15, 0.2) is 24.3 Å². The highest BCUT2D eigenvalue weighted by Crippen LogP contribution is 2.15. The number of hydrogen-bond acceptors (Lipinski definition) is 3. The van der Waals surface area contributed by atoms with E-state index < -0.39 is 5.97 Å². The van der Waals surface area contributed by atoms with Gasteiger partial charge in [0.05, 0.1) is 0 Å². The Kier molecular flexibility index (Phi) is 29.7. The van der Waals surface area contributed by atoms with Crippen molar-refractivity contribution < 1.29 is 19.4 Å². The van der Waals surface area contributed by atoms with E-state index in [1.165, 1.54) is 89.9 Å². The minimum Gasteiger partial charge on any atom is -0.481 e. The normalized spacial score (nSPS) is 12.5. The molecular formula is C35H64O4. The second kappa shape index (κ2) is 31.0. The van der Waals surface area contributed by atoms with Crippen LogP contribution in [0.5, 0.6) is 0 Å². The van der Waals surface area contributed by atoms with Crippen LogP contribution in [0.25, 0.3) is 0 Å². The fourth-order valence-corrected chi connectivity index (χ4v) is 4.84. The zero-order valence-corrected chi connectivity index (χ0v) is 25.9. The Morgan fingerprint density at radius 2 is 1.03 bits per heavy atom. The summed E-state index contributed by atoms with van der Waals surface area (Å²) in [7, 11) is 0. The lowest BCUT2D eigenvalue weighted by Gasteiger charge is -2.15. The SMILES string of the molecule is CCCC/C=C\CCCCCCCC(=O)OC(/C=C\CCCCCCCCC)CCCCCCCCC(=O)O. The molecule has 4 nitrogen and oxygen atoms in total. The largest absolute Gasteiger partial charge is 0.481 e. The van der Waals surface area contributed by atoms with Crippen molar-refractivity contribution in [3.63, 3.8) is 0 Å². The molecule has 0 fully saturated rings. The van der Waals surface area contributed by atoms with Gasteiger partial charge in [0.2, 0.25) is 0 Å². The number of hydrogen-bond donors (Lipinski definition) is 1. The van der Waals surface area contributed by atoms with Crippen molar-refractivity contribution in [2.75, 3.05) is 0 Å². The third kappa shape index (κ3) is 30.8. The van der Waals surface area contributed by atoms with E-state index in [2.05, 4.69) is 38.2 Å². The van der Waals surface area contributed by atoms with Gasteiger partial charge in [-0.15, -0.1) is 0 Å².